The van der Waals surface area contributed by atoms with Crippen molar-refractivity contribution >= 4 is 29.9 Å². The maximum Gasteiger partial charge on any atom is 0.191 e. The summed E-state index contributed by atoms with van der Waals surface area (Å²) in [5.74, 6) is 1.72. The molecule has 2 N–H and O–H groups in total. The van der Waals surface area contributed by atoms with E-state index in [1.165, 1.54) is 6.42 Å². The fourth-order valence-electron chi connectivity index (χ4n) is 1.85. The number of likely N-dealkylation sites (N-methyl/N-ethyl adjacent to an activating group) is 1. The second-order valence-electron chi connectivity index (χ2n) is 5.11. The van der Waals surface area contributed by atoms with Gasteiger partial charge in [0, 0.05) is 46.4 Å². The molecule has 0 bridgehead atoms. The number of methoxy groups -OCH3 is 1. The van der Waals surface area contributed by atoms with Crippen molar-refractivity contribution in [3.8, 4) is 0 Å². The molecule has 6 heteroatoms. The van der Waals surface area contributed by atoms with Crippen LogP contribution in [0.25, 0.3) is 0 Å². The van der Waals surface area contributed by atoms with Gasteiger partial charge >= 0.3 is 0 Å². The minimum Gasteiger partial charge on any atom is -0.385 e. The highest BCUT2D eigenvalue weighted by Crippen LogP contribution is 2.28. The molecule has 0 aromatic rings. The second-order valence-corrected chi connectivity index (χ2v) is 5.11. The van der Waals surface area contributed by atoms with Crippen LogP contribution in [0, 0.1) is 5.92 Å². The lowest BCUT2D eigenvalue weighted by molar-refractivity contribution is 0.180. The molecule has 0 heterocycles. The lowest BCUT2D eigenvalue weighted by Gasteiger charge is -2.18. The second kappa shape index (κ2) is 10.7. The fraction of sp³-hybridized carbons (Fsp3) is 0.923. The van der Waals surface area contributed by atoms with E-state index >= 15 is 0 Å². The average Bonchev–Trinajstić information content (AvgIpc) is 3.04. The van der Waals surface area contributed by atoms with E-state index < -0.39 is 0 Å². The lowest BCUT2D eigenvalue weighted by Crippen LogP contribution is -2.42. The van der Waals surface area contributed by atoms with Crippen LogP contribution in [0.4, 0.5) is 0 Å². The molecule has 5 nitrogen and oxygen atoms in total. The first-order valence-corrected chi connectivity index (χ1v) is 6.82. The van der Waals surface area contributed by atoms with E-state index in [-0.39, 0.29) is 24.0 Å². The Balaban J connectivity index is 0.00000324. The predicted molar refractivity (Wildman–Crippen MR) is 91.5 cm³/mol. The summed E-state index contributed by atoms with van der Waals surface area (Å²) in [5.41, 5.74) is 0. The van der Waals surface area contributed by atoms with Crippen molar-refractivity contribution in [1.29, 1.82) is 0 Å². The van der Waals surface area contributed by atoms with Crippen molar-refractivity contribution in [2.75, 3.05) is 47.4 Å². The Labute approximate surface area is 134 Å². The van der Waals surface area contributed by atoms with E-state index in [0.717, 1.165) is 44.5 Å². The molecule has 1 aliphatic rings. The Kier molecular flexibility index (Phi) is 10.6. The zero-order valence-corrected chi connectivity index (χ0v) is 14.9. The number of nitrogens with one attached hydrogen (secondary N) is 2. The van der Waals surface area contributed by atoms with Crippen LogP contribution < -0.4 is 10.6 Å². The Morgan fingerprint density at radius 1 is 1.42 bits per heavy atom. The van der Waals surface area contributed by atoms with E-state index in [2.05, 4.69) is 34.5 Å². The van der Waals surface area contributed by atoms with E-state index in [1.807, 2.05) is 7.05 Å². The summed E-state index contributed by atoms with van der Waals surface area (Å²) in [7, 11) is 5.71. The van der Waals surface area contributed by atoms with Crippen molar-refractivity contribution < 1.29 is 4.74 Å². The summed E-state index contributed by atoms with van der Waals surface area (Å²) >= 11 is 0. The van der Waals surface area contributed by atoms with Crippen LogP contribution in [0.1, 0.15) is 19.8 Å². The largest absolute Gasteiger partial charge is 0.385 e. The molecule has 0 aromatic heterocycles. The minimum atomic E-state index is 0. The molecule has 0 radical (unpaired) electrons. The normalized spacial score (nSPS) is 22.1. The van der Waals surface area contributed by atoms with Crippen molar-refractivity contribution in [2.24, 2.45) is 10.9 Å². The van der Waals surface area contributed by atoms with Crippen LogP contribution in [0.2, 0.25) is 0 Å². The van der Waals surface area contributed by atoms with Crippen LogP contribution in [0.3, 0.4) is 0 Å². The Hall–Kier alpha value is -0.0800. The standard InChI is InChI=1S/C13H28N4O.HI/c1-11-10-12(11)16-13(14-2)15-6-8-17(3)7-5-9-18-4;/h11-12H,5-10H2,1-4H3,(H2,14,15,16);1H. The minimum absolute atomic E-state index is 0. The quantitative estimate of drug-likeness (QED) is 0.285. The number of aliphatic imine (C=N–C) groups is 1. The molecule has 2 unspecified atom stereocenters. The molecule has 0 aromatic carbocycles. The summed E-state index contributed by atoms with van der Waals surface area (Å²) < 4.78 is 5.04. The smallest absolute Gasteiger partial charge is 0.191 e. The number of guanidine groups is 1. The molecule has 19 heavy (non-hydrogen) atoms. The van der Waals surface area contributed by atoms with Crippen LogP contribution in [-0.4, -0.2) is 64.3 Å². The Bertz CT molecular complexity index is 263. The number of halogens is 1. The third kappa shape index (κ3) is 8.65. The molecule has 114 valence electrons. The van der Waals surface area contributed by atoms with Crippen LogP contribution in [-0.2, 0) is 4.74 Å². The molecular formula is C13H29IN4O. The van der Waals surface area contributed by atoms with Crippen molar-refractivity contribution in [1.82, 2.24) is 15.5 Å². The summed E-state index contributed by atoms with van der Waals surface area (Å²) in [6.07, 6.45) is 2.34. The summed E-state index contributed by atoms with van der Waals surface area (Å²) in [4.78, 5) is 6.54. The SMILES string of the molecule is CN=C(NCCN(C)CCCOC)NC1CC1C.I. The first-order valence-electron chi connectivity index (χ1n) is 6.82. The van der Waals surface area contributed by atoms with Gasteiger partial charge in [0.2, 0.25) is 0 Å². The molecule has 1 rings (SSSR count). The zero-order valence-electron chi connectivity index (χ0n) is 12.6. The van der Waals surface area contributed by atoms with Crippen LogP contribution in [0.5, 0.6) is 0 Å². The van der Waals surface area contributed by atoms with Gasteiger partial charge in [0.1, 0.15) is 0 Å². The fourth-order valence-corrected chi connectivity index (χ4v) is 1.85. The van der Waals surface area contributed by atoms with Gasteiger partial charge in [-0.05, 0) is 25.8 Å². The molecule has 0 aliphatic heterocycles. The molecule has 1 aliphatic carbocycles. The van der Waals surface area contributed by atoms with Gasteiger partial charge in [-0.2, -0.15) is 0 Å². The summed E-state index contributed by atoms with van der Waals surface area (Å²) in [5, 5.41) is 6.77. The molecular weight excluding hydrogens is 355 g/mol. The van der Waals surface area contributed by atoms with E-state index in [4.69, 9.17) is 4.74 Å². The topological polar surface area (TPSA) is 48.9 Å². The number of ether oxygens (including phenoxy) is 1. The zero-order chi connectivity index (χ0) is 13.4. The molecule has 0 amide bonds. The van der Waals surface area contributed by atoms with Crippen LogP contribution in [0.15, 0.2) is 4.99 Å². The first kappa shape index (κ1) is 18.9. The van der Waals surface area contributed by atoms with E-state index in [9.17, 15) is 0 Å². The maximum atomic E-state index is 5.04. The molecule has 1 fully saturated rings. The highest BCUT2D eigenvalue weighted by Gasteiger charge is 2.33. The number of rotatable bonds is 8. The van der Waals surface area contributed by atoms with Crippen LogP contribution >= 0.6 is 24.0 Å². The van der Waals surface area contributed by atoms with Crippen molar-refractivity contribution in [2.45, 2.75) is 25.8 Å². The molecule has 0 spiro atoms. The average molecular weight is 384 g/mol. The van der Waals surface area contributed by atoms with E-state index in [0.29, 0.717) is 6.04 Å². The predicted octanol–water partition coefficient (Wildman–Crippen LogP) is 1.15. The van der Waals surface area contributed by atoms with Gasteiger partial charge < -0.3 is 20.3 Å². The number of hydrogen-bond donors (Lipinski definition) is 2. The summed E-state index contributed by atoms with van der Waals surface area (Å²) in [6.45, 7) is 6.10. The monoisotopic (exact) mass is 384 g/mol. The molecule has 0 saturated heterocycles. The lowest BCUT2D eigenvalue weighted by atomic mass is 10.4. The number of nitrogens with zero attached hydrogens (tertiary/aromatic N) is 2. The van der Waals surface area contributed by atoms with E-state index in [1.54, 1.807) is 7.11 Å². The molecule has 2 atom stereocenters. The molecule has 1 saturated carbocycles. The van der Waals surface area contributed by atoms with Gasteiger partial charge in [0.05, 0.1) is 0 Å². The van der Waals surface area contributed by atoms with Gasteiger partial charge in [-0.1, -0.05) is 6.92 Å². The van der Waals surface area contributed by atoms with Gasteiger partial charge in [0.15, 0.2) is 5.96 Å². The number of hydrogen-bond acceptors (Lipinski definition) is 3. The van der Waals surface area contributed by atoms with Crippen molar-refractivity contribution in [3.63, 3.8) is 0 Å². The Morgan fingerprint density at radius 2 is 2.11 bits per heavy atom. The highest BCUT2D eigenvalue weighted by atomic mass is 127. The Morgan fingerprint density at radius 3 is 2.63 bits per heavy atom. The first-order chi connectivity index (χ1) is 8.67. The third-order valence-corrected chi connectivity index (χ3v) is 3.33. The van der Waals surface area contributed by atoms with Gasteiger partial charge in [-0.15, -0.1) is 24.0 Å². The van der Waals surface area contributed by atoms with Gasteiger partial charge in [0.25, 0.3) is 0 Å². The van der Waals surface area contributed by atoms with Gasteiger partial charge in [-0.25, -0.2) is 0 Å². The highest BCUT2D eigenvalue weighted by molar-refractivity contribution is 14.0. The maximum absolute atomic E-state index is 5.04. The van der Waals surface area contributed by atoms with Crippen molar-refractivity contribution in [3.05, 3.63) is 0 Å². The summed E-state index contributed by atoms with van der Waals surface area (Å²) in [6, 6.07) is 0.621. The van der Waals surface area contributed by atoms with Gasteiger partial charge in [-0.3, -0.25) is 4.99 Å². The third-order valence-electron chi connectivity index (χ3n) is 3.33.